The fourth-order valence-corrected chi connectivity index (χ4v) is 2.10. The van der Waals surface area contributed by atoms with E-state index in [9.17, 15) is 9.59 Å². The number of esters is 2. The first-order chi connectivity index (χ1) is 10.7. The van der Waals surface area contributed by atoms with Crippen molar-refractivity contribution >= 4 is 11.9 Å². The van der Waals surface area contributed by atoms with Crippen LogP contribution in [0, 0.1) is 0 Å². The second-order valence-electron chi connectivity index (χ2n) is 5.02. The molecule has 0 spiro atoms. The van der Waals surface area contributed by atoms with Crippen LogP contribution < -0.4 is 0 Å². The summed E-state index contributed by atoms with van der Waals surface area (Å²) in [5.41, 5.74) is 0.413. The minimum absolute atomic E-state index is 0.190. The summed E-state index contributed by atoms with van der Waals surface area (Å²) < 4.78 is 9.95. The molecule has 0 saturated heterocycles. The van der Waals surface area contributed by atoms with Crippen LogP contribution in [0.15, 0.2) is 37.1 Å². The van der Waals surface area contributed by atoms with Gasteiger partial charge in [0, 0.05) is 0 Å². The zero-order valence-corrected chi connectivity index (χ0v) is 13.2. The maximum atomic E-state index is 12.1. The van der Waals surface area contributed by atoms with Gasteiger partial charge in [-0.05, 0) is 18.6 Å². The van der Waals surface area contributed by atoms with E-state index in [1.165, 1.54) is 25.3 Å². The maximum Gasteiger partial charge on any atom is 0.343 e. The van der Waals surface area contributed by atoms with Crippen LogP contribution in [0.2, 0.25) is 0 Å². The van der Waals surface area contributed by atoms with Gasteiger partial charge in [-0.1, -0.05) is 57.7 Å². The zero-order valence-electron chi connectivity index (χ0n) is 13.2. The topological polar surface area (TPSA) is 52.6 Å². The molecule has 120 valence electrons. The largest absolute Gasteiger partial charge is 0.462 e. The van der Waals surface area contributed by atoms with Crippen molar-refractivity contribution in [3.05, 3.63) is 48.2 Å². The molecule has 0 amide bonds. The molecule has 0 N–H and O–H groups in total. The third-order valence-electron chi connectivity index (χ3n) is 3.29. The van der Waals surface area contributed by atoms with E-state index in [-0.39, 0.29) is 11.1 Å². The molecule has 1 aromatic carbocycles. The summed E-state index contributed by atoms with van der Waals surface area (Å²) in [6.07, 6.45) is 7.78. The van der Waals surface area contributed by atoms with Crippen LogP contribution in [-0.4, -0.2) is 18.5 Å². The minimum atomic E-state index is -0.609. The Labute approximate surface area is 132 Å². The molecule has 0 unspecified atom stereocenters. The summed E-state index contributed by atoms with van der Waals surface area (Å²) >= 11 is 0. The molecule has 0 atom stereocenters. The third-order valence-corrected chi connectivity index (χ3v) is 3.29. The van der Waals surface area contributed by atoms with E-state index >= 15 is 0 Å². The van der Waals surface area contributed by atoms with E-state index in [1.807, 2.05) is 0 Å². The lowest BCUT2D eigenvalue weighted by Crippen LogP contribution is -2.13. The van der Waals surface area contributed by atoms with Gasteiger partial charge in [0.2, 0.25) is 0 Å². The Morgan fingerprint density at radius 2 is 1.59 bits per heavy atom. The molecular weight excluding hydrogens is 280 g/mol. The molecule has 22 heavy (non-hydrogen) atoms. The van der Waals surface area contributed by atoms with E-state index in [2.05, 4.69) is 13.5 Å². The molecule has 0 aromatic heterocycles. The summed E-state index contributed by atoms with van der Waals surface area (Å²) in [4.78, 5) is 23.8. The Hall–Kier alpha value is -2.10. The summed E-state index contributed by atoms with van der Waals surface area (Å²) in [6.45, 7) is 5.88. The maximum absolute atomic E-state index is 12.1. The average Bonchev–Trinajstić information content (AvgIpc) is 2.54. The van der Waals surface area contributed by atoms with E-state index in [4.69, 9.17) is 9.47 Å². The van der Waals surface area contributed by atoms with Gasteiger partial charge in [0.1, 0.15) is 0 Å². The lowest BCUT2D eigenvalue weighted by Gasteiger charge is -2.08. The van der Waals surface area contributed by atoms with Gasteiger partial charge in [-0.15, -0.1) is 0 Å². The van der Waals surface area contributed by atoms with Crippen LogP contribution >= 0.6 is 0 Å². The number of hydrogen-bond acceptors (Lipinski definition) is 4. The Bertz CT molecular complexity index is 494. The van der Waals surface area contributed by atoms with Gasteiger partial charge in [-0.25, -0.2) is 9.59 Å². The highest BCUT2D eigenvalue weighted by atomic mass is 16.5. The molecule has 0 aliphatic rings. The molecule has 0 fully saturated rings. The van der Waals surface area contributed by atoms with Crippen LogP contribution in [0.3, 0.4) is 0 Å². The van der Waals surface area contributed by atoms with Gasteiger partial charge in [-0.2, -0.15) is 0 Å². The molecule has 0 heterocycles. The lowest BCUT2D eigenvalue weighted by molar-refractivity contribution is 0.0486. The summed E-state index contributed by atoms with van der Waals surface area (Å²) in [6, 6.07) is 6.45. The highest BCUT2D eigenvalue weighted by Crippen LogP contribution is 2.13. The SMILES string of the molecule is C=COC(=O)c1ccccc1C(=O)OCCCCCCCC. The van der Waals surface area contributed by atoms with Crippen molar-refractivity contribution in [1.29, 1.82) is 0 Å². The van der Waals surface area contributed by atoms with Crippen LogP contribution in [0.25, 0.3) is 0 Å². The van der Waals surface area contributed by atoms with Crippen molar-refractivity contribution in [2.45, 2.75) is 45.4 Å². The zero-order chi connectivity index (χ0) is 16.2. The van der Waals surface area contributed by atoms with Crippen LogP contribution in [-0.2, 0) is 9.47 Å². The van der Waals surface area contributed by atoms with Crippen molar-refractivity contribution in [1.82, 2.24) is 0 Å². The van der Waals surface area contributed by atoms with E-state index in [0.717, 1.165) is 25.5 Å². The van der Waals surface area contributed by atoms with Crippen LogP contribution in [0.1, 0.15) is 66.2 Å². The Kier molecular flexibility index (Phi) is 8.65. The Morgan fingerprint density at radius 3 is 2.23 bits per heavy atom. The molecule has 1 rings (SSSR count). The van der Waals surface area contributed by atoms with E-state index in [1.54, 1.807) is 18.2 Å². The molecular formula is C18H24O4. The predicted molar refractivity (Wildman–Crippen MR) is 85.7 cm³/mol. The monoisotopic (exact) mass is 304 g/mol. The quantitative estimate of drug-likeness (QED) is 0.363. The molecule has 0 radical (unpaired) electrons. The standard InChI is InChI=1S/C18H24O4/c1-3-5-6-7-8-11-14-22-18(20)16-13-10-9-12-15(16)17(19)21-4-2/h4,9-10,12-13H,2-3,5-8,11,14H2,1H3. The van der Waals surface area contributed by atoms with E-state index < -0.39 is 11.9 Å². The van der Waals surface area contributed by atoms with Crippen LogP contribution in [0.4, 0.5) is 0 Å². The number of hydrogen-bond donors (Lipinski definition) is 0. The van der Waals surface area contributed by atoms with Gasteiger partial charge >= 0.3 is 11.9 Å². The number of benzene rings is 1. The Balaban J connectivity index is 2.45. The summed E-state index contributed by atoms with van der Waals surface area (Å²) in [5, 5.41) is 0. The third kappa shape index (κ3) is 6.12. The van der Waals surface area contributed by atoms with Crippen molar-refractivity contribution in [3.63, 3.8) is 0 Å². The van der Waals surface area contributed by atoms with Crippen molar-refractivity contribution in [2.24, 2.45) is 0 Å². The molecule has 0 aliphatic carbocycles. The van der Waals surface area contributed by atoms with Crippen molar-refractivity contribution < 1.29 is 19.1 Å². The first-order valence-electron chi connectivity index (χ1n) is 7.78. The van der Waals surface area contributed by atoms with Gasteiger partial charge in [-0.3, -0.25) is 0 Å². The van der Waals surface area contributed by atoms with Gasteiger partial charge in [0.15, 0.2) is 0 Å². The van der Waals surface area contributed by atoms with Crippen molar-refractivity contribution in [2.75, 3.05) is 6.61 Å². The predicted octanol–water partition coefficient (Wildman–Crippen LogP) is 4.50. The first kappa shape index (κ1) is 18.0. The van der Waals surface area contributed by atoms with E-state index in [0.29, 0.717) is 6.61 Å². The molecule has 4 heteroatoms. The molecule has 4 nitrogen and oxygen atoms in total. The Morgan fingerprint density at radius 1 is 1.00 bits per heavy atom. The number of ether oxygens (including phenoxy) is 2. The number of carbonyl (C=O) groups is 2. The molecule has 0 saturated carbocycles. The second-order valence-corrected chi connectivity index (χ2v) is 5.02. The first-order valence-corrected chi connectivity index (χ1v) is 7.78. The van der Waals surface area contributed by atoms with Crippen LogP contribution in [0.5, 0.6) is 0 Å². The summed E-state index contributed by atoms with van der Waals surface area (Å²) in [7, 11) is 0. The fraction of sp³-hybridized carbons (Fsp3) is 0.444. The lowest BCUT2D eigenvalue weighted by atomic mass is 10.1. The number of rotatable bonds is 10. The fourth-order valence-electron chi connectivity index (χ4n) is 2.10. The molecule has 0 aliphatic heterocycles. The number of unbranched alkanes of at least 4 members (excludes halogenated alkanes) is 5. The average molecular weight is 304 g/mol. The minimum Gasteiger partial charge on any atom is -0.462 e. The van der Waals surface area contributed by atoms with Gasteiger partial charge in [0.25, 0.3) is 0 Å². The second kappa shape index (κ2) is 10.6. The highest BCUT2D eigenvalue weighted by molar-refractivity contribution is 6.03. The van der Waals surface area contributed by atoms with Gasteiger partial charge in [0.05, 0.1) is 24.0 Å². The normalized spacial score (nSPS) is 10.0. The number of carbonyl (C=O) groups excluding carboxylic acids is 2. The molecule has 1 aromatic rings. The summed E-state index contributed by atoms with van der Waals surface area (Å²) in [5.74, 6) is -1.10. The molecule has 0 bridgehead atoms. The van der Waals surface area contributed by atoms with Gasteiger partial charge < -0.3 is 9.47 Å². The van der Waals surface area contributed by atoms with Crippen molar-refractivity contribution in [3.8, 4) is 0 Å². The smallest absolute Gasteiger partial charge is 0.343 e. The highest BCUT2D eigenvalue weighted by Gasteiger charge is 2.18.